The van der Waals surface area contributed by atoms with Crippen molar-refractivity contribution in [3.63, 3.8) is 0 Å². The monoisotopic (exact) mass is 497 g/mol. The van der Waals surface area contributed by atoms with Crippen LogP contribution in [0.3, 0.4) is 0 Å². The Hall–Kier alpha value is -3.49. The van der Waals surface area contributed by atoms with Gasteiger partial charge in [-0.1, -0.05) is 17.9 Å². The van der Waals surface area contributed by atoms with Crippen molar-refractivity contribution in [2.45, 2.75) is 23.5 Å². The van der Waals surface area contributed by atoms with E-state index in [1.54, 1.807) is 42.5 Å². The maximum absolute atomic E-state index is 12.1. The fourth-order valence-corrected chi connectivity index (χ4v) is 4.12. The van der Waals surface area contributed by atoms with E-state index in [2.05, 4.69) is 27.0 Å². The minimum atomic E-state index is -3.41. The van der Waals surface area contributed by atoms with Gasteiger partial charge in [0.2, 0.25) is 0 Å². The highest BCUT2D eigenvalue weighted by Crippen LogP contribution is 2.31. The predicted octanol–water partition coefficient (Wildman–Crippen LogP) is 2.62. The summed E-state index contributed by atoms with van der Waals surface area (Å²) in [5.41, 5.74) is 2.01. The maximum atomic E-state index is 12.1. The average molecular weight is 498 g/mol. The molecule has 0 saturated carbocycles. The summed E-state index contributed by atoms with van der Waals surface area (Å²) < 4.78 is 48.6. The molecule has 0 unspecified atom stereocenters. The lowest BCUT2D eigenvalue weighted by Gasteiger charge is -2.21. The van der Waals surface area contributed by atoms with Crippen LogP contribution in [-0.2, 0) is 19.7 Å². The van der Waals surface area contributed by atoms with E-state index in [1.165, 1.54) is 12.6 Å². The van der Waals surface area contributed by atoms with Crippen LogP contribution in [0.1, 0.15) is 19.4 Å². The Balaban J connectivity index is 1.84. The molecule has 11 heteroatoms. The second kappa shape index (κ2) is 8.07. The summed E-state index contributed by atoms with van der Waals surface area (Å²) in [5.74, 6) is 6.67. The van der Waals surface area contributed by atoms with Crippen LogP contribution in [0.25, 0.3) is 16.7 Å². The predicted molar refractivity (Wildman–Crippen MR) is 132 cm³/mol. The van der Waals surface area contributed by atoms with Crippen molar-refractivity contribution in [3.8, 4) is 11.8 Å². The Morgan fingerprint density at radius 2 is 1.76 bits per heavy atom. The van der Waals surface area contributed by atoms with Gasteiger partial charge >= 0.3 is 0 Å². The molecule has 0 aliphatic carbocycles. The van der Waals surface area contributed by atoms with Crippen LogP contribution in [-0.4, -0.2) is 60.7 Å². The van der Waals surface area contributed by atoms with E-state index in [-0.39, 0.29) is 4.90 Å². The van der Waals surface area contributed by atoms with Gasteiger partial charge in [0, 0.05) is 36.2 Å². The number of sulfone groups is 2. The first-order valence-electron chi connectivity index (χ1n) is 10.2. The summed E-state index contributed by atoms with van der Waals surface area (Å²) >= 11 is 0. The number of anilines is 2. The summed E-state index contributed by atoms with van der Waals surface area (Å²) in [7, 11) is -4.93. The number of hydrogen-bond donors (Lipinski definition) is 0. The van der Waals surface area contributed by atoms with Crippen LogP contribution < -0.4 is 4.90 Å². The molecule has 176 valence electrons. The maximum Gasteiger partial charge on any atom is 0.257 e. The van der Waals surface area contributed by atoms with E-state index in [0.29, 0.717) is 28.1 Å². The molecule has 0 aliphatic heterocycles. The normalized spacial score (nSPS) is 12.5. The van der Waals surface area contributed by atoms with Crippen molar-refractivity contribution in [1.82, 2.24) is 19.6 Å². The molecule has 34 heavy (non-hydrogen) atoms. The second-order valence-electron chi connectivity index (χ2n) is 8.53. The van der Waals surface area contributed by atoms with Gasteiger partial charge in [0.1, 0.15) is 16.9 Å². The second-order valence-corrected chi connectivity index (χ2v) is 13.1. The standard InChI is InChI=1S/C23H23N5O4S2/c1-23(2,34(5,31)32)12-11-16-7-6-8-17(13-16)27(3)21-19-10-9-18(33(4,29)30)14-20(19)28-15-24-26-22(28)25-21/h6-10,13-15H,1-5H3. The zero-order valence-corrected chi connectivity index (χ0v) is 20.9. The van der Waals surface area contributed by atoms with Crippen LogP contribution in [0, 0.1) is 11.8 Å². The van der Waals surface area contributed by atoms with Crippen molar-refractivity contribution in [1.29, 1.82) is 0 Å². The number of fused-ring (bicyclic) bond motifs is 3. The van der Waals surface area contributed by atoms with E-state index < -0.39 is 24.4 Å². The number of rotatable bonds is 4. The van der Waals surface area contributed by atoms with Gasteiger partial charge in [0.05, 0.1) is 10.4 Å². The molecule has 4 rings (SSSR count). The lowest BCUT2D eigenvalue weighted by atomic mass is 10.1. The van der Waals surface area contributed by atoms with E-state index in [1.807, 2.05) is 30.1 Å². The van der Waals surface area contributed by atoms with Crippen LogP contribution >= 0.6 is 0 Å². The van der Waals surface area contributed by atoms with Crippen molar-refractivity contribution in [2.24, 2.45) is 0 Å². The number of benzene rings is 2. The van der Waals surface area contributed by atoms with Crippen molar-refractivity contribution < 1.29 is 16.8 Å². The molecule has 2 aromatic carbocycles. The highest BCUT2D eigenvalue weighted by Gasteiger charge is 2.27. The molecule has 0 aliphatic rings. The molecular formula is C23H23N5O4S2. The fraction of sp³-hybridized carbons (Fsp3) is 0.261. The van der Waals surface area contributed by atoms with E-state index in [9.17, 15) is 16.8 Å². The third kappa shape index (κ3) is 4.34. The molecule has 2 aromatic heterocycles. The summed E-state index contributed by atoms with van der Waals surface area (Å²) in [5, 5.41) is 8.66. The van der Waals surface area contributed by atoms with Crippen molar-refractivity contribution in [2.75, 3.05) is 24.5 Å². The summed E-state index contributed by atoms with van der Waals surface area (Å²) in [6, 6.07) is 12.2. The first-order valence-corrected chi connectivity index (χ1v) is 14.0. The van der Waals surface area contributed by atoms with E-state index in [0.717, 1.165) is 11.9 Å². The Bertz CT molecular complexity index is 1710. The molecule has 2 heterocycles. The molecule has 4 aromatic rings. The highest BCUT2D eigenvalue weighted by molar-refractivity contribution is 7.92. The van der Waals surface area contributed by atoms with Gasteiger partial charge in [-0.2, -0.15) is 4.98 Å². The van der Waals surface area contributed by atoms with Crippen LogP contribution in [0.5, 0.6) is 0 Å². The quantitative estimate of drug-likeness (QED) is 0.395. The van der Waals surface area contributed by atoms with Gasteiger partial charge in [-0.25, -0.2) is 16.8 Å². The van der Waals surface area contributed by atoms with Gasteiger partial charge < -0.3 is 4.90 Å². The lowest BCUT2D eigenvalue weighted by molar-refractivity contribution is 0.581. The highest BCUT2D eigenvalue weighted by atomic mass is 32.2. The Morgan fingerprint density at radius 3 is 2.44 bits per heavy atom. The summed E-state index contributed by atoms with van der Waals surface area (Å²) in [4.78, 5) is 6.65. The largest absolute Gasteiger partial charge is 0.329 e. The van der Waals surface area contributed by atoms with Crippen LogP contribution in [0.15, 0.2) is 53.7 Å². The molecular weight excluding hydrogens is 474 g/mol. The van der Waals surface area contributed by atoms with Crippen molar-refractivity contribution in [3.05, 3.63) is 54.4 Å². The lowest BCUT2D eigenvalue weighted by Crippen LogP contribution is -2.28. The molecule has 0 saturated heterocycles. The minimum Gasteiger partial charge on any atom is -0.329 e. The van der Waals surface area contributed by atoms with Crippen molar-refractivity contribution >= 4 is 47.9 Å². The number of hydrogen-bond acceptors (Lipinski definition) is 8. The first-order chi connectivity index (χ1) is 15.8. The number of aromatic nitrogens is 4. The SMILES string of the molecule is CN(c1cccc(C#CC(C)(C)S(C)(=O)=O)c1)c1nc2nncn2c2cc(S(C)(=O)=O)ccc12. The van der Waals surface area contributed by atoms with Gasteiger partial charge in [0.15, 0.2) is 19.7 Å². The third-order valence-electron chi connectivity index (χ3n) is 5.62. The molecule has 0 radical (unpaired) electrons. The Kier molecular flexibility index (Phi) is 5.62. The minimum absolute atomic E-state index is 0.181. The van der Waals surface area contributed by atoms with Gasteiger partial charge in [-0.3, -0.25) is 4.40 Å². The average Bonchev–Trinajstić information content (AvgIpc) is 3.24. The molecule has 0 N–H and O–H groups in total. The Labute approximate surface area is 198 Å². The molecule has 0 fully saturated rings. The first kappa shape index (κ1) is 23.7. The van der Waals surface area contributed by atoms with E-state index in [4.69, 9.17) is 0 Å². The zero-order chi connectivity index (χ0) is 24.9. The Morgan fingerprint density at radius 1 is 1.03 bits per heavy atom. The molecule has 0 bridgehead atoms. The van der Waals surface area contributed by atoms with Crippen LogP contribution in [0.4, 0.5) is 11.5 Å². The fourth-order valence-electron chi connectivity index (χ4n) is 3.25. The molecule has 0 amide bonds. The topological polar surface area (TPSA) is 115 Å². The molecule has 0 spiro atoms. The smallest absolute Gasteiger partial charge is 0.257 e. The van der Waals surface area contributed by atoms with Gasteiger partial charge in [-0.05, 0) is 50.2 Å². The van der Waals surface area contributed by atoms with E-state index >= 15 is 0 Å². The van der Waals surface area contributed by atoms with Crippen LogP contribution in [0.2, 0.25) is 0 Å². The third-order valence-corrected chi connectivity index (χ3v) is 8.69. The number of nitrogens with zero attached hydrogens (tertiary/aromatic N) is 5. The molecule has 0 atom stereocenters. The molecule has 9 nitrogen and oxygen atoms in total. The van der Waals surface area contributed by atoms with Gasteiger partial charge in [-0.15, -0.1) is 10.2 Å². The summed E-state index contributed by atoms with van der Waals surface area (Å²) in [6.07, 6.45) is 3.81. The van der Waals surface area contributed by atoms with Gasteiger partial charge in [0.25, 0.3) is 5.78 Å². The summed E-state index contributed by atoms with van der Waals surface area (Å²) in [6.45, 7) is 3.14. The zero-order valence-electron chi connectivity index (χ0n) is 19.3.